The highest BCUT2D eigenvalue weighted by Crippen LogP contribution is 2.45. The number of nitrogens with one attached hydrogen (secondary N) is 1. The van der Waals surface area contributed by atoms with Crippen LogP contribution in [0.1, 0.15) is 36.0 Å². The summed E-state index contributed by atoms with van der Waals surface area (Å²) in [7, 11) is 0. The normalized spacial score (nSPS) is 29.5. The molecule has 1 aromatic rings. The third kappa shape index (κ3) is 2.05. The van der Waals surface area contributed by atoms with E-state index in [1.54, 1.807) is 0 Å². The summed E-state index contributed by atoms with van der Waals surface area (Å²) in [5.74, 6) is 1.17. The number of carboxylic acid groups (broad SMARTS) is 1. The molecule has 96 valence electrons. The van der Waals surface area contributed by atoms with Crippen LogP contribution in [0.25, 0.3) is 0 Å². The van der Waals surface area contributed by atoms with Crippen molar-refractivity contribution >= 4 is 23.4 Å². The molecule has 0 aliphatic heterocycles. The summed E-state index contributed by atoms with van der Waals surface area (Å²) < 4.78 is 0. The third-order valence-corrected chi connectivity index (χ3v) is 4.46. The van der Waals surface area contributed by atoms with Gasteiger partial charge in [-0.3, -0.25) is 0 Å². The Hall–Kier alpha value is -1.29. The van der Waals surface area contributed by atoms with Crippen molar-refractivity contribution in [3.8, 4) is 0 Å². The molecular weight excluding hydrogens is 252 g/mol. The van der Waals surface area contributed by atoms with E-state index < -0.39 is 5.97 Å². The van der Waals surface area contributed by atoms with Gasteiger partial charge in [0.1, 0.15) is 5.82 Å². The van der Waals surface area contributed by atoms with Crippen LogP contribution in [0.3, 0.4) is 0 Å². The van der Waals surface area contributed by atoms with Crippen LogP contribution in [0.15, 0.2) is 12.3 Å². The molecule has 0 saturated heterocycles. The second kappa shape index (κ2) is 4.43. The van der Waals surface area contributed by atoms with Crippen molar-refractivity contribution in [3.05, 3.63) is 22.8 Å². The van der Waals surface area contributed by atoms with Gasteiger partial charge in [-0.15, -0.1) is 0 Å². The zero-order valence-electron chi connectivity index (χ0n) is 9.90. The van der Waals surface area contributed by atoms with E-state index >= 15 is 0 Å². The number of aromatic nitrogens is 1. The molecule has 0 radical (unpaired) electrons. The highest BCUT2D eigenvalue weighted by atomic mass is 35.5. The molecule has 2 N–H and O–H groups in total. The summed E-state index contributed by atoms with van der Waals surface area (Å²) >= 11 is 5.80. The van der Waals surface area contributed by atoms with Crippen molar-refractivity contribution in [2.24, 2.45) is 11.8 Å². The van der Waals surface area contributed by atoms with E-state index in [9.17, 15) is 4.79 Å². The van der Waals surface area contributed by atoms with Gasteiger partial charge in [0.2, 0.25) is 0 Å². The predicted octanol–water partition coefficient (Wildman–Crippen LogP) is 3.03. The Bertz CT molecular complexity index is 492. The molecule has 0 amide bonds. The molecular formula is C13H15ClN2O2. The van der Waals surface area contributed by atoms with Crippen LogP contribution >= 0.6 is 11.6 Å². The first-order chi connectivity index (χ1) is 8.63. The molecule has 3 atom stereocenters. The number of carboxylic acids is 1. The predicted molar refractivity (Wildman–Crippen MR) is 69.1 cm³/mol. The molecule has 5 heteroatoms. The Labute approximate surface area is 110 Å². The zero-order chi connectivity index (χ0) is 12.7. The quantitative estimate of drug-likeness (QED) is 0.883. The van der Waals surface area contributed by atoms with Crippen LogP contribution < -0.4 is 5.32 Å². The van der Waals surface area contributed by atoms with Crippen LogP contribution in [-0.4, -0.2) is 22.1 Å². The number of pyridine rings is 1. The minimum Gasteiger partial charge on any atom is -0.478 e. The van der Waals surface area contributed by atoms with Gasteiger partial charge in [-0.25, -0.2) is 9.78 Å². The molecule has 2 aliphatic carbocycles. The van der Waals surface area contributed by atoms with Crippen LogP contribution in [0.2, 0.25) is 5.02 Å². The van der Waals surface area contributed by atoms with Crippen LogP contribution in [0.4, 0.5) is 5.82 Å². The maximum absolute atomic E-state index is 11.0. The number of hydrogen-bond donors (Lipinski definition) is 2. The lowest BCUT2D eigenvalue weighted by Gasteiger charge is -2.23. The number of anilines is 1. The number of hydrogen-bond acceptors (Lipinski definition) is 3. The Balaban J connectivity index is 1.77. The first-order valence-corrected chi connectivity index (χ1v) is 6.66. The van der Waals surface area contributed by atoms with Gasteiger partial charge < -0.3 is 10.4 Å². The number of fused-ring (bicyclic) bond motifs is 2. The second-order valence-corrected chi connectivity index (χ2v) is 5.69. The van der Waals surface area contributed by atoms with Gasteiger partial charge in [-0.2, -0.15) is 0 Å². The van der Waals surface area contributed by atoms with Crippen molar-refractivity contribution in [1.29, 1.82) is 0 Å². The molecule has 4 nitrogen and oxygen atoms in total. The summed E-state index contributed by atoms with van der Waals surface area (Å²) in [4.78, 5) is 15.2. The van der Waals surface area contributed by atoms with E-state index in [1.165, 1.54) is 37.9 Å². The van der Waals surface area contributed by atoms with Crippen LogP contribution in [0.5, 0.6) is 0 Å². The van der Waals surface area contributed by atoms with E-state index in [4.69, 9.17) is 16.7 Å². The molecule has 2 fully saturated rings. The fourth-order valence-corrected chi connectivity index (χ4v) is 3.48. The lowest BCUT2D eigenvalue weighted by molar-refractivity contribution is 0.0697. The zero-order valence-corrected chi connectivity index (χ0v) is 10.7. The van der Waals surface area contributed by atoms with Gasteiger partial charge in [-0.1, -0.05) is 18.0 Å². The molecule has 1 heterocycles. The molecule has 3 rings (SSSR count). The van der Waals surface area contributed by atoms with Gasteiger partial charge in [0.15, 0.2) is 0 Å². The number of aromatic carboxylic acids is 1. The Kier molecular flexibility index (Phi) is 2.90. The van der Waals surface area contributed by atoms with E-state index in [-0.39, 0.29) is 10.6 Å². The summed E-state index contributed by atoms with van der Waals surface area (Å²) in [5.41, 5.74) is 0.109. The van der Waals surface area contributed by atoms with Crippen molar-refractivity contribution in [3.63, 3.8) is 0 Å². The highest BCUT2D eigenvalue weighted by Gasteiger charge is 2.39. The molecule has 18 heavy (non-hydrogen) atoms. The first-order valence-electron chi connectivity index (χ1n) is 6.29. The molecule has 2 bridgehead atoms. The standard InChI is InChI=1S/C13H15ClN2O2/c14-10-6-15-12(5-9(10)13(17)18)16-11-4-7-1-2-8(11)3-7/h5-8,11H,1-4H2,(H,15,16)(H,17,18). The molecule has 0 spiro atoms. The molecule has 1 aromatic heterocycles. The largest absolute Gasteiger partial charge is 0.478 e. The maximum atomic E-state index is 11.0. The van der Waals surface area contributed by atoms with Crippen molar-refractivity contribution in [2.75, 3.05) is 5.32 Å². The number of carbonyl (C=O) groups is 1. The topological polar surface area (TPSA) is 62.2 Å². The molecule has 3 unspecified atom stereocenters. The summed E-state index contributed by atoms with van der Waals surface area (Å²) in [6, 6.07) is 1.97. The van der Waals surface area contributed by atoms with Gasteiger partial charge in [-0.05, 0) is 37.2 Å². The molecule has 2 aliphatic rings. The van der Waals surface area contributed by atoms with Crippen LogP contribution in [-0.2, 0) is 0 Å². The van der Waals surface area contributed by atoms with Crippen molar-refractivity contribution in [1.82, 2.24) is 4.98 Å². The minimum absolute atomic E-state index is 0.109. The first kappa shape index (κ1) is 11.8. The Morgan fingerprint density at radius 1 is 1.44 bits per heavy atom. The van der Waals surface area contributed by atoms with E-state index in [0.717, 1.165) is 11.8 Å². The second-order valence-electron chi connectivity index (χ2n) is 5.28. The van der Waals surface area contributed by atoms with E-state index in [2.05, 4.69) is 10.3 Å². The van der Waals surface area contributed by atoms with Gasteiger partial charge in [0.05, 0.1) is 10.6 Å². The highest BCUT2D eigenvalue weighted by molar-refractivity contribution is 6.33. The van der Waals surface area contributed by atoms with Gasteiger partial charge >= 0.3 is 5.97 Å². The number of halogens is 1. The van der Waals surface area contributed by atoms with Crippen molar-refractivity contribution < 1.29 is 9.90 Å². The lowest BCUT2D eigenvalue weighted by Crippen LogP contribution is -2.26. The monoisotopic (exact) mass is 266 g/mol. The summed E-state index contributed by atoms with van der Waals surface area (Å²) in [6.07, 6.45) is 6.51. The fourth-order valence-electron chi connectivity index (χ4n) is 3.29. The van der Waals surface area contributed by atoms with Crippen molar-refractivity contribution in [2.45, 2.75) is 31.7 Å². The minimum atomic E-state index is -1.02. The summed E-state index contributed by atoms with van der Waals surface area (Å²) in [6.45, 7) is 0. The fraction of sp³-hybridized carbons (Fsp3) is 0.538. The molecule has 2 saturated carbocycles. The summed E-state index contributed by atoms with van der Waals surface area (Å²) in [5, 5.41) is 12.6. The van der Waals surface area contributed by atoms with E-state index in [0.29, 0.717) is 11.9 Å². The van der Waals surface area contributed by atoms with Crippen LogP contribution in [0, 0.1) is 11.8 Å². The maximum Gasteiger partial charge on any atom is 0.337 e. The SMILES string of the molecule is O=C(O)c1cc(NC2CC3CCC2C3)ncc1Cl. The number of nitrogens with zero attached hydrogens (tertiary/aromatic N) is 1. The molecule has 0 aromatic carbocycles. The Morgan fingerprint density at radius 2 is 2.28 bits per heavy atom. The Morgan fingerprint density at radius 3 is 2.89 bits per heavy atom. The van der Waals surface area contributed by atoms with Gasteiger partial charge in [0.25, 0.3) is 0 Å². The average molecular weight is 267 g/mol. The van der Waals surface area contributed by atoms with Gasteiger partial charge in [0, 0.05) is 12.2 Å². The van der Waals surface area contributed by atoms with E-state index in [1.807, 2.05) is 0 Å². The lowest BCUT2D eigenvalue weighted by atomic mass is 9.95. The smallest absolute Gasteiger partial charge is 0.337 e. The third-order valence-electron chi connectivity index (χ3n) is 4.16. The number of rotatable bonds is 3. The average Bonchev–Trinajstić information content (AvgIpc) is 2.93.